The highest BCUT2D eigenvalue weighted by Gasteiger charge is 2.34. The van der Waals surface area contributed by atoms with Crippen LogP contribution in [-0.4, -0.2) is 35.7 Å². The van der Waals surface area contributed by atoms with E-state index in [1.807, 2.05) is 30.3 Å². The second-order valence-corrected chi connectivity index (χ2v) is 6.54. The fraction of sp³-hybridized carbons (Fsp3) is 0.526. The molecular formula is C19H25NO3. The molecule has 0 spiro atoms. The maximum atomic E-state index is 12.7. The molecule has 1 aliphatic carbocycles. The molecule has 2 fully saturated rings. The van der Waals surface area contributed by atoms with Gasteiger partial charge < -0.3 is 14.7 Å². The summed E-state index contributed by atoms with van der Waals surface area (Å²) in [6.45, 7) is 0.407. The molecule has 4 heteroatoms. The zero-order valence-electron chi connectivity index (χ0n) is 13.7. The Labute approximate surface area is 137 Å². The number of ether oxygens (including phenoxy) is 1. The first-order chi connectivity index (χ1) is 11.2. The third-order valence-corrected chi connectivity index (χ3v) is 4.86. The average molecular weight is 315 g/mol. The van der Waals surface area contributed by atoms with Crippen LogP contribution in [0.25, 0.3) is 0 Å². The summed E-state index contributed by atoms with van der Waals surface area (Å²) in [5, 5.41) is 10.1. The number of hydrogen-bond donors (Lipinski definition) is 1. The van der Waals surface area contributed by atoms with Gasteiger partial charge in [0.25, 0.3) is 0 Å². The van der Waals surface area contributed by atoms with Crippen LogP contribution in [0.3, 0.4) is 0 Å². The standard InChI is InChI=1S/C19H25NO3/c1-23-17-9-5-8-15(11-17)18-12-16(21)13-20(18)19(22)10-14-6-3-2-4-7-14/h5,8-11,16,18,21H,2-4,6-7,12-13H2,1H3/t16-,18+/m1/s1. The lowest BCUT2D eigenvalue weighted by Gasteiger charge is -2.25. The summed E-state index contributed by atoms with van der Waals surface area (Å²) in [5.41, 5.74) is 2.28. The van der Waals surface area contributed by atoms with Crippen molar-refractivity contribution in [3.8, 4) is 5.75 Å². The van der Waals surface area contributed by atoms with E-state index in [0.717, 1.165) is 24.2 Å². The summed E-state index contributed by atoms with van der Waals surface area (Å²) in [7, 11) is 1.64. The van der Waals surface area contributed by atoms with E-state index in [9.17, 15) is 9.90 Å². The van der Waals surface area contributed by atoms with Gasteiger partial charge in [0.05, 0.1) is 19.3 Å². The minimum absolute atomic E-state index is 0.0336. The third-order valence-electron chi connectivity index (χ3n) is 4.86. The summed E-state index contributed by atoms with van der Waals surface area (Å²) >= 11 is 0. The first-order valence-corrected chi connectivity index (χ1v) is 8.49. The number of aliphatic hydroxyl groups excluding tert-OH is 1. The van der Waals surface area contributed by atoms with Crippen molar-refractivity contribution in [2.24, 2.45) is 0 Å². The van der Waals surface area contributed by atoms with Gasteiger partial charge in [0.15, 0.2) is 0 Å². The molecule has 0 unspecified atom stereocenters. The van der Waals surface area contributed by atoms with Crippen molar-refractivity contribution in [3.05, 3.63) is 41.5 Å². The van der Waals surface area contributed by atoms with Gasteiger partial charge >= 0.3 is 0 Å². The van der Waals surface area contributed by atoms with Gasteiger partial charge in [-0.15, -0.1) is 0 Å². The molecule has 1 saturated carbocycles. The van der Waals surface area contributed by atoms with E-state index >= 15 is 0 Å². The summed E-state index contributed by atoms with van der Waals surface area (Å²) in [4.78, 5) is 14.5. The molecule has 3 rings (SSSR count). The molecule has 23 heavy (non-hydrogen) atoms. The van der Waals surface area contributed by atoms with E-state index in [-0.39, 0.29) is 11.9 Å². The number of β-amino-alcohol motifs (C(OH)–C–C–N with tert-alkyl or cyclic N) is 1. The summed E-state index contributed by atoms with van der Waals surface area (Å²) in [6.07, 6.45) is 7.63. The topological polar surface area (TPSA) is 49.8 Å². The van der Waals surface area contributed by atoms with Gasteiger partial charge in [0.2, 0.25) is 5.91 Å². The van der Waals surface area contributed by atoms with Crippen LogP contribution in [0.1, 0.15) is 50.1 Å². The van der Waals surface area contributed by atoms with Gasteiger partial charge in [-0.2, -0.15) is 0 Å². The van der Waals surface area contributed by atoms with Crippen LogP contribution in [0.4, 0.5) is 0 Å². The number of carbonyl (C=O) groups excluding carboxylic acids is 1. The smallest absolute Gasteiger partial charge is 0.247 e. The molecule has 1 amide bonds. The van der Waals surface area contributed by atoms with Crippen LogP contribution >= 0.6 is 0 Å². The van der Waals surface area contributed by atoms with Gasteiger partial charge in [-0.05, 0) is 49.8 Å². The van der Waals surface area contributed by atoms with E-state index < -0.39 is 6.10 Å². The molecule has 1 N–H and O–H groups in total. The number of rotatable bonds is 3. The summed E-state index contributed by atoms with van der Waals surface area (Å²) < 4.78 is 5.28. The minimum atomic E-state index is -0.458. The lowest BCUT2D eigenvalue weighted by atomic mass is 9.94. The number of allylic oxidation sites excluding steroid dienone is 1. The highest BCUT2D eigenvalue weighted by atomic mass is 16.5. The van der Waals surface area contributed by atoms with E-state index in [1.54, 1.807) is 12.0 Å². The van der Waals surface area contributed by atoms with Gasteiger partial charge in [-0.1, -0.05) is 24.1 Å². The number of aliphatic hydroxyl groups is 1. The van der Waals surface area contributed by atoms with Crippen LogP contribution < -0.4 is 4.74 Å². The third kappa shape index (κ3) is 3.75. The highest BCUT2D eigenvalue weighted by molar-refractivity contribution is 5.89. The largest absolute Gasteiger partial charge is 0.497 e. The van der Waals surface area contributed by atoms with Gasteiger partial charge in [0, 0.05) is 12.6 Å². The first kappa shape index (κ1) is 16.1. The molecule has 0 bridgehead atoms. The Morgan fingerprint density at radius 2 is 2.09 bits per heavy atom. The molecule has 1 heterocycles. The predicted molar refractivity (Wildman–Crippen MR) is 89.2 cm³/mol. The van der Waals surface area contributed by atoms with Crippen LogP contribution in [0, 0.1) is 0 Å². The number of likely N-dealkylation sites (tertiary alicyclic amines) is 1. The SMILES string of the molecule is COc1cccc([C@@H]2C[C@@H](O)CN2C(=O)C=C2CCCCC2)c1. The molecule has 4 nitrogen and oxygen atoms in total. The van der Waals surface area contributed by atoms with Gasteiger partial charge in [-0.25, -0.2) is 0 Å². The van der Waals surface area contributed by atoms with Crippen molar-refractivity contribution in [1.29, 1.82) is 0 Å². The van der Waals surface area contributed by atoms with E-state index in [4.69, 9.17) is 4.74 Å². The fourth-order valence-electron chi connectivity index (χ4n) is 3.63. The summed E-state index contributed by atoms with van der Waals surface area (Å²) in [5.74, 6) is 0.813. The molecule has 2 aliphatic rings. The molecule has 1 aliphatic heterocycles. The maximum Gasteiger partial charge on any atom is 0.247 e. The van der Waals surface area contributed by atoms with Crippen molar-refractivity contribution >= 4 is 5.91 Å². The molecular weight excluding hydrogens is 290 g/mol. The predicted octanol–water partition coefficient (Wildman–Crippen LogP) is 3.22. The van der Waals surface area contributed by atoms with Crippen LogP contribution in [-0.2, 0) is 4.79 Å². The number of amides is 1. The monoisotopic (exact) mass is 315 g/mol. The summed E-state index contributed by atoms with van der Waals surface area (Å²) in [6, 6.07) is 7.70. The van der Waals surface area contributed by atoms with Crippen molar-refractivity contribution in [2.45, 2.75) is 50.7 Å². The Morgan fingerprint density at radius 3 is 2.83 bits per heavy atom. The Morgan fingerprint density at radius 1 is 1.30 bits per heavy atom. The van der Waals surface area contributed by atoms with E-state index in [2.05, 4.69) is 0 Å². The molecule has 2 atom stereocenters. The number of carbonyl (C=O) groups is 1. The second kappa shape index (κ2) is 7.18. The quantitative estimate of drug-likeness (QED) is 0.871. The molecule has 1 aromatic carbocycles. The number of hydrogen-bond acceptors (Lipinski definition) is 3. The van der Waals surface area contributed by atoms with Crippen LogP contribution in [0.15, 0.2) is 35.9 Å². The molecule has 124 valence electrons. The number of methoxy groups -OCH3 is 1. The molecule has 1 saturated heterocycles. The Hall–Kier alpha value is -1.81. The Balaban J connectivity index is 1.80. The first-order valence-electron chi connectivity index (χ1n) is 8.49. The van der Waals surface area contributed by atoms with E-state index in [0.29, 0.717) is 13.0 Å². The normalized spacial score (nSPS) is 24.6. The van der Waals surface area contributed by atoms with Crippen LogP contribution in [0.2, 0.25) is 0 Å². The number of benzene rings is 1. The van der Waals surface area contributed by atoms with Gasteiger partial charge in [0.1, 0.15) is 5.75 Å². The lowest BCUT2D eigenvalue weighted by Crippen LogP contribution is -2.30. The Kier molecular flexibility index (Phi) is 5.01. The zero-order valence-corrected chi connectivity index (χ0v) is 13.7. The maximum absolute atomic E-state index is 12.7. The molecule has 1 aromatic rings. The second-order valence-electron chi connectivity index (χ2n) is 6.54. The molecule has 0 radical (unpaired) electrons. The fourth-order valence-corrected chi connectivity index (χ4v) is 3.63. The lowest BCUT2D eigenvalue weighted by molar-refractivity contribution is -0.127. The van der Waals surface area contributed by atoms with Crippen molar-refractivity contribution in [3.63, 3.8) is 0 Å². The highest BCUT2D eigenvalue weighted by Crippen LogP contribution is 2.34. The van der Waals surface area contributed by atoms with E-state index in [1.165, 1.54) is 24.8 Å². The number of nitrogens with zero attached hydrogens (tertiary/aromatic N) is 1. The van der Waals surface area contributed by atoms with Crippen molar-refractivity contribution in [2.75, 3.05) is 13.7 Å². The minimum Gasteiger partial charge on any atom is -0.497 e. The molecule has 0 aromatic heterocycles. The van der Waals surface area contributed by atoms with Crippen molar-refractivity contribution < 1.29 is 14.6 Å². The van der Waals surface area contributed by atoms with Crippen LogP contribution in [0.5, 0.6) is 5.75 Å². The Bertz CT molecular complexity index is 588. The average Bonchev–Trinajstić information content (AvgIpc) is 2.98. The van der Waals surface area contributed by atoms with Crippen molar-refractivity contribution in [1.82, 2.24) is 4.90 Å². The zero-order chi connectivity index (χ0) is 16.2. The van der Waals surface area contributed by atoms with Gasteiger partial charge in [-0.3, -0.25) is 4.79 Å².